The molecule has 4 N–H and O–H groups in total. The minimum atomic E-state index is -1.46. The second kappa shape index (κ2) is 9.06. The van der Waals surface area contributed by atoms with E-state index in [9.17, 15) is 20.4 Å². The van der Waals surface area contributed by atoms with Crippen LogP contribution < -0.4 is 4.74 Å². The number of aliphatic hydroxyl groups is 4. The summed E-state index contributed by atoms with van der Waals surface area (Å²) in [5.74, 6) is 0.479. The molecular formula is C24H29ClO6. The molecule has 5 atom stereocenters. The Morgan fingerprint density at radius 3 is 2.45 bits per heavy atom. The van der Waals surface area contributed by atoms with Gasteiger partial charge in [0.25, 0.3) is 0 Å². The molecule has 168 valence electrons. The normalized spacial score (nSPS) is 30.5. The maximum Gasteiger partial charge on any atom is 0.126 e. The molecule has 2 aromatic carbocycles. The maximum absolute atomic E-state index is 11.0. The Kier molecular flexibility index (Phi) is 6.58. The van der Waals surface area contributed by atoms with Gasteiger partial charge in [-0.1, -0.05) is 42.8 Å². The summed E-state index contributed by atoms with van der Waals surface area (Å²) < 4.78 is 12.0. The molecule has 4 rings (SSSR count). The summed E-state index contributed by atoms with van der Waals surface area (Å²) in [7, 11) is 0. The van der Waals surface area contributed by atoms with E-state index in [2.05, 4.69) is 31.2 Å². The molecule has 0 amide bonds. The lowest BCUT2D eigenvalue weighted by Crippen LogP contribution is -2.63. The number of hydrogen-bond donors (Lipinski definition) is 4. The van der Waals surface area contributed by atoms with Crippen LogP contribution in [0.1, 0.15) is 42.0 Å². The Labute approximate surface area is 187 Å². The number of rotatable bonds is 4. The Morgan fingerprint density at radius 1 is 1.06 bits per heavy atom. The molecule has 0 saturated carbocycles. The molecule has 0 aromatic heterocycles. The van der Waals surface area contributed by atoms with Gasteiger partial charge >= 0.3 is 0 Å². The molecule has 2 aliphatic rings. The Hall–Kier alpha value is -1.67. The molecule has 2 heterocycles. The fraction of sp³-hybridized carbons (Fsp3) is 0.500. The zero-order valence-electron chi connectivity index (χ0n) is 17.5. The summed E-state index contributed by atoms with van der Waals surface area (Å²) in [6, 6.07) is 11.9. The number of hydrogen-bond acceptors (Lipinski definition) is 6. The van der Waals surface area contributed by atoms with Crippen molar-refractivity contribution in [3.63, 3.8) is 0 Å². The van der Waals surface area contributed by atoms with Crippen molar-refractivity contribution in [2.45, 2.75) is 62.6 Å². The first kappa shape index (κ1) is 22.5. The van der Waals surface area contributed by atoms with Crippen molar-refractivity contribution in [2.24, 2.45) is 0 Å². The van der Waals surface area contributed by atoms with Crippen molar-refractivity contribution in [1.82, 2.24) is 0 Å². The fourth-order valence-corrected chi connectivity index (χ4v) is 4.84. The number of halogens is 1. The topological polar surface area (TPSA) is 99.4 Å². The summed E-state index contributed by atoms with van der Waals surface area (Å²) >= 11 is 6.58. The average molecular weight is 449 g/mol. The van der Waals surface area contributed by atoms with Gasteiger partial charge in [-0.15, -0.1) is 0 Å². The summed E-state index contributed by atoms with van der Waals surface area (Å²) in [6.45, 7) is 2.03. The lowest BCUT2D eigenvalue weighted by molar-refractivity contribution is -0.281. The molecule has 0 bridgehead atoms. The molecule has 0 radical (unpaired) electrons. The second-order valence-corrected chi connectivity index (χ2v) is 8.80. The van der Waals surface area contributed by atoms with Gasteiger partial charge in [0, 0.05) is 10.6 Å². The van der Waals surface area contributed by atoms with Crippen molar-refractivity contribution in [2.75, 3.05) is 13.2 Å². The highest BCUT2D eigenvalue weighted by Crippen LogP contribution is 2.48. The van der Waals surface area contributed by atoms with E-state index in [1.807, 2.05) is 6.07 Å². The van der Waals surface area contributed by atoms with Crippen LogP contribution >= 0.6 is 11.6 Å². The minimum Gasteiger partial charge on any atom is -0.493 e. The summed E-state index contributed by atoms with van der Waals surface area (Å²) in [5.41, 5.74) is 2.45. The Balaban J connectivity index is 1.77. The number of ether oxygens (including phenoxy) is 2. The molecule has 31 heavy (non-hydrogen) atoms. The van der Waals surface area contributed by atoms with E-state index < -0.39 is 36.6 Å². The van der Waals surface area contributed by atoms with Gasteiger partial charge in [-0.2, -0.15) is 0 Å². The van der Waals surface area contributed by atoms with Gasteiger partial charge in [0.2, 0.25) is 0 Å². The van der Waals surface area contributed by atoms with Gasteiger partial charge in [-0.25, -0.2) is 0 Å². The van der Waals surface area contributed by atoms with Gasteiger partial charge in [-0.05, 0) is 54.5 Å². The van der Waals surface area contributed by atoms with Crippen LogP contribution in [0.25, 0.3) is 0 Å². The van der Waals surface area contributed by atoms with E-state index in [1.54, 1.807) is 6.07 Å². The number of fused-ring (bicyclic) bond motifs is 2. The third-order valence-corrected chi connectivity index (χ3v) is 6.81. The van der Waals surface area contributed by atoms with Crippen LogP contribution in [0.5, 0.6) is 5.75 Å². The molecule has 1 saturated heterocycles. The molecule has 0 unspecified atom stereocenters. The molecule has 6 nitrogen and oxygen atoms in total. The van der Waals surface area contributed by atoms with Gasteiger partial charge < -0.3 is 29.9 Å². The van der Waals surface area contributed by atoms with Crippen LogP contribution in [0.4, 0.5) is 0 Å². The molecule has 1 fully saturated rings. The van der Waals surface area contributed by atoms with Crippen molar-refractivity contribution in [1.29, 1.82) is 0 Å². The quantitative estimate of drug-likeness (QED) is 0.573. The van der Waals surface area contributed by atoms with Crippen molar-refractivity contribution >= 4 is 11.6 Å². The number of aliphatic hydroxyl groups excluding tert-OH is 4. The molecule has 1 spiro atoms. The van der Waals surface area contributed by atoms with Crippen molar-refractivity contribution < 1.29 is 29.9 Å². The van der Waals surface area contributed by atoms with Crippen molar-refractivity contribution in [3.8, 4) is 5.75 Å². The smallest absolute Gasteiger partial charge is 0.126 e. The molecule has 2 aromatic rings. The van der Waals surface area contributed by atoms with E-state index >= 15 is 0 Å². The van der Waals surface area contributed by atoms with E-state index in [1.165, 1.54) is 5.56 Å². The zero-order chi connectivity index (χ0) is 22.2. The van der Waals surface area contributed by atoms with Crippen LogP contribution in [0.15, 0.2) is 36.4 Å². The minimum absolute atomic E-state index is 0.369. The van der Waals surface area contributed by atoms with Crippen LogP contribution in [-0.2, 0) is 23.2 Å². The average Bonchev–Trinajstić information content (AvgIpc) is 2.95. The monoisotopic (exact) mass is 448 g/mol. The SMILES string of the molecule is CCc1ccc(Cc2cc3c(cc2Cl)OCCC[C@]32O[C@H](CO)[C@@H](O)[C@H](O)[C@H]2O)cc1. The lowest BCUT2D eigenvalue weighted by atomic mass is 9.76. The summed E-state index contributed by atoms with van der Waals surface area (Å²) in [5, 5.41) is 42.0. The molecule has 0 aliphatic carbocycles. The fourth-order valence-electron chi connectivity index (χ4n) is 4.62. The number of aryl methyl sites for hydroxylation is 1. The summed E-state index contributed by atoms with van der Waals surface area (Å²) in [6.07, 6.45) is -2.77. The highest BCUT2D eigenvalue weighted by molar-refractivity contribution is 6.31. The molecular weight excluding hydrogens is 420 g/mol. The third kappa shape index (κ3) is 4.09. The van der Waals surface area contributed by atoms with E-state index in [0.717, 1.165) is 17.5 Å². The first-order valence-corrected chi connectivity index (χ1v) is 11.1. The van der Waals surface area contributed by atoms with Gasteiger partial charge in [0.1, 0.15) is 35.8 Å². The van der Waals surface area contributed by atoms with Gasteiger partial charge in [0.15, 0.2) is 0 Å². The van der Waals surface area contributed by atoms with Crippen LogP contribution in [-0.4, -0.2) is 58.1 Å². The maximum atomic E-state index is 11.0. The van der Waals surface area contributed by atoms with Crippen molar-refractivity contribution in [3.05, 3.63) is 63.7 Å². The predicted molar refractivity (Wildman–Crippen MR) is 116 cm³/mol. The first-order chi connectivity index (χ1) is 14.9. The molecule has 2 aliphatic heterocycles. The first-order valence-electron chi connectivity index (χ1n) is 10.8. The highest BCUT2D eigenvalue weighted by Gasteiger charge is 2.55. The van der Waals surface area contributed by atoms with E-state index in [4.69, 9.17) is 21.1 Å². The number of benzene rings is 2. The van der Waals surface area contributed by atoms with Crippen LogP contribution in [0, 0.1) is 0 Å². The predicted octanol–water partition coefficient (Wildman–Crippen LogP) is 2.33. The molecule has 7 heteroatoms. The van der Waals surface area contributed by atoms with E-state index in [0.29, 0.717) is 42.2 Å². The largest absolute Gasteiger partial charge is 0.493 e. The van der Waals surface area contributed by atoms with E-state index in [-0.39, 0.29) is 0 Å². The third-order valence-electron chi connectivity index (χ3n) is 6.45. The Bertz CT molecular complexity index is 915. The highest BCUT2D eigenvalue weighted by atomic mass is 35.5. The zero-order valence-corrected chi connectivity index (χ0v) is 18.3. The van der Waals surface area contributed by atoms with Gasteiger partial charge in [-0.3, -0.25) is 0 Å². The second-order valence-electron chi connectivity index (χ2n) is 8.39. The van der Waals surface area contributed by atoms with Gasteiger partial charge in [0.05, 0.1) is 13.2 Å². The Morgan fingerprint density at radius 2 is 1.77 bits per heavy atom. The standard InChI is InChI=1S/C24H29ClO6/c1-2-14-4-6-15(7-5-14)10-16-11-17-19(12-18(16)25)30-9-3-8-24(17)23(29)22(28)21(27)20(13-26)31-24/h4-7,11-12,20-23,26-29H,2-3,8-10,13H2,1H3/t20-,21-,22+,23-,24+/m1/s1. The lowest BCUT2D eigenvalue weighted by Gasteiger charge is -2.48. The summed E-state index contributed by atoms with van der Waals surface area (Å²) in [4.78, 5) is 0. The van der Waals surface area contributed by atoms with Crippen LogP contribution in [0.2, 0.25) is 5.02 Å². The van der Waals surface area contributed by atoms with Crippen LogP contribution in [0.3, 0.4) is 0 Å².